The lowest BCUT2D eigenvalue weighted by molar-refractivity contribution is 0.410. The molecular formula is C11H14BN3O3S. The van der Waals surface area contributed by atoms with Crippen LogP contribution in [0, 0.1) is 0 Å². The number of ether oxygens (including phenoxy) is 1. The zero-order chi connectivity index (χ0) is 13.8. The first-order valence-corrected chi connectivity index (χ1v) is 6.60. The van der Waals surface area contributed by atoms with E-state index in [0.717, 1.165) is 10.7 Å². The highest BCUT2D eigenvalue weighted by molar-refractivity contribution is 7.98. The summed E-state index contributed by atoms with van der Waals surface area (Å²) in [5.74, 6) is 1.31. The van der Waals surface area contributed by atoms with Crippen molar-refractivity contribution in [1.29, 1.82) is 0 Å². The largest absolute Gasteiger partial charge is 0.496 e. The minimum Gasteiger partial charge on any atom is -0.496 e. The summed E-state index contributed by atoms with van der Waals surface area (Å²) in [6.07, 6.45) is 1.49. The van der Waals surface area contributed by atoms with E-state index in [1.54, 1.807) is 30.0 Å². The molecule has 0 saturated heterocycles. The van der Waals surface area contributed by atoms with Gasteiger partial charge in [-0.3, -0.25) is 0 Å². The second kappa shape index (κ2) is 6.09. The molecule has 0 aliphatic rings. The number of rotatable bonds is 5. The van der Waals surface area contributed by atoms with Crippen LogP contribution in [-0.2, 0) is 12.8 Å². The van der Waals surface area contributed by atoms with Crippen LogP contribution in [0.15, 0.2) is 29.7 Å². The van der Waals surface area contributed by atoms with Gasteiger partial charge < -0.3 is 14.8 Å². The van der Waals surface area contributed by atoms with E-state index in [0.29, 0.717) is 17.0 Å². The zero-order valence-electron chi connectivity index (χ0n) is 10.6. The average Bonchev–Trinajstić information content (AvgIpc) is 2.81. The molecule has 0 aliphatic carbocycles. The molecule has 1 heterocycles. The van der Waals surface area contributed by atoms with Gasteiger partial charge in [-0.2, -0.15) is 5.10 Å². The number of methoxy groups -OCH3 is 1. The van der Waals surface area contributed by atoms with Gasteiger partial charge >= 0.3 is 7.12 Å². The molecule has 1 aromatic heterocycles. The highest BCUT2D eigenvalue weighted by Gasteiger charge is 2.14. The Balaban J connectivity index is 2.18. The van der Waals surface area contributed by atoms with Crippen molar-refractivity contribution < 1.29 is 14.8 Å². The third-order valence-electron chi connectivity index (χ3n) is 2.63. The maximum absolute atomic E-state index is 9.19. The van der Waals surface area contributed by atoms with Crippen molar-refractivity contribution in [2.24, 2.45) is 7.05 Å². The van der Waals surface area contributed by atoms with Crippen molar-refractivity contribution in [3.8, 4) is 5.75 Å². The quantitative estimate of drug-likeness (QED) is 0.582. The van der Waals surface area contributed by atoms with Crippen LogP contribution in [0.1, 0.15) is 5.56 Å². The van der Waals surface area contributed by atoms with Crippen LogP contribution in [0.25, 0.3) is 0 Å². The number of hydrogen-bond donors (Lipinski definition) is 2. The zero-order valence-corrected chi connectivity index (χ0v) is 11.5. The second-order valence-corrected chi connectivity index (χ2v) is 4.84. The highest BCUT2D eigenvalue weighted by atomic mass is 32.2. The van der Waals surface area contributed by atoms with E-state index in [1.807, 2.05) is 7.05 Å². The van der Waals surface area contributed by atoms with Gasteiger partial charge in [-0.25, -0.2) is 9.67 Å². The number of nitrogens with zero attached hydrogens (tertiary/aromatic N) is 3. The number of hydrogen-bond acceptors (Lipinski definition) is 6. The summed E-state index contributed by atoms with van der Waals surface area (Å²) in [6.45, 7) is 0. The van der Waals surface area contributed by atoms with Crippen molar-refractivity contribution in [3.05, 3.63) is 30.1 Å². The summed E-state index contributed by atoms with van der Waals surface area (Å²) in [5.41, 5.74) is 1.32. The normalized spacial score (nSPS) is 10.5. The van der Waals surface area contributed by atoms with Gasteiger partial charge in [-0.15, -0.1) is 0 Å². The lowest BCUT2D eigenvalue weighted by atomic mass is 9.79. The SMILES string of the molecule is COc1ccc(B(O)O)cc1CSc1ncnn1C. The highest BCUT2D eigenvalue weighted by Crippen LogP contribution is 2.25. The molecule has 19 heavy (non-hydrogen) atoms. The third kappa shape index (κ3) is 3.28. The van der Waals surface area contributed by atoms with Crippen molar-refractivity contribution in [2.75, 3.05) is 7.11 Å². The van der Waals surface area contributed by atoms with Crippen LogP contribution in [-0.4, -0.2) is 39.0 Å². The Kier molecular flexibility index (Phi) is 4.46. The molecule has 2 rings (SSSR count). The van der Waals surface area contributed by atoms with Gasteiger partial charge in [-0.05, 0) is 11.5 Å². The molecule has 0 atom stereocenters. The average molecular weight is 279 g/mol. The fraction of sp³-hybridized carbons (Fsp3) is 0.273. The van der Waals surface area contributed by atoms with Crippen molar-refractivity contribution in [1.82, 2.24) is 14.8 Å². The first-order chi connectivity index (χ1) is 9.11. The smallest absolute Gasteiger partial charge is 0.488 e. The van der Waals surface area contributed by atoms with E-state index >= 15 is 0 Å². The molecule has 0 aliphatic heterocycles. The Hall–Kier alpha value is -1.51. The summed E-state index contributed by atoms with van der Waals surface area (Å²) in [7, 11) is 1.92. The third-order valence-corrected chi connectivity index (χ3v) is 3.71. The molecule has 0 spiro atoms. The fourth-order valence-corrected chi connectivity index (χ4v) is 2.50. The first-order valence-electron chi connectivity index (χ1n) is 5.61. The number of aromatic nitrogens is 3. The maximum atomic E-state index is 9.19. The van der Waals surface area contributed by atoms with Crippen LogP contribution >= 0.6 is 11.8 Å². The van der Waals surface area contributed by atoms with E-state index in [4.69, 9.17) is 4.74 Å². The van der Waals surface area contributed by atoms with E-state index < -0.39 is 7.12 Å². The van der Waals surface area contributed by atoms with E-state index in [-0.39, 0.29) is 0 Å². The lowest BCUT2D eigenvalue weighted by Crippen LogP contribution is -2.30. The molecule has 6 nitrogen and oxygen atoms in total. The van der Waals surface area contributed by atoms with Crippen LogP contribution in [0.3, 0.4) is 0 Å². The second-order valence-electron chi connectivity index (χ2n) is 3.90. The summed E-state index contributed by atoms with van der Waals surface area (Å²) < 4.78 is 6.94. The molecule has 2 N–H and O–H groups in total. The monoisotopic (exact) mass is 279 g/mol. The Bertz CT molecular complexity index is 562. The predicted molar refractivity (Wildman–Crippen MR) is 73.4 cm³/mol. The van der Waals surface area contributed by atoms with Gasteiger partial charge in [0.1, 0.15) is 12.1 Å². The fourth-order valence-electron chi connectivity index (χ4n) is 1.63. The molecule has 0 fully saturated rings. The topological polar surface area (TPSA) is 80.4 Å². The van der Waals surface area contributed by atoms with E-state index in [9.17, 15) is 10.0 Å². The first kappa shape index (κ1) is 13.9. The summed E-state index contributed by atoms with van der Waals surface area (Å²) in [6, 6.07) is 5.06. The minimum atomic E-state index is -1.48. The Morgan fingerprint density at radius 1 is 1.42 bits per heavy atom. The number of benzene rings is 1. The van der Waals surface area contributed by atoms with Gasteiger partial charge in [0.15, 0.2) is 5.16 Å². The molecule has 1 aromatic carbocycles. The maximum Gasteiger partial charge on any atom is 0.488 e. The molecule has 0 saturated carbocycles. The van der Waals surface area contributed by atoms with Crippen molar-refractivity contribution in [3.63, 3.8) is 0 Å². The van der Waals surface area contributed by atoms with Crippen LogP contribution in [0.5, 0.6) is 5.75 Å². The Morgan fingerprint density at radius 3 is 2.79 bits per heavy atom. The minimum absolute atomic E-state index is 0.439. The van der Waals surface area contributed by atoms with Crippen LogP contribution < -0.4 is 10.2 Å². The molecular weight excluding hydrogens is 265 g/mol. The van der Waals surface area contributed by atoms with Gasteiger partial charge in [0.05, 0.1) is 7.11 Å². The van der Waals surface area contributed by atoms with Gasteiger partial charge in [0, 0.05) is 18.4 Å². The molecule has 0 radical (unpaired) electrons. The predicted octanol–water partition coefficient (Wildman–Crippen LogP) is -0.204. The molecule has 8 heteroatoms. The van der Waals surface area contributed by atoms with E-state index in [1.165, 1.54) is 18.1 Å². The summed E-state index contributed by atoms with van der Waals surface area (Å²) in [5, 5.41) is 23.2. The number of thioether (sulfide) groups is 1. The Labute approximate surface area is 115 Å². The molecule has 0 amide bonds. The van der Waals surface area contributed by atoms with Gasteiger partial charge in [0.2, 0.25) is 0 Å². The molecule has 2 aromatic rings. The molecule has 0 bridgehead atoms. The van der Waals surface area contributed by atoms with Crippen LogP contribution in [0.4, 0.5) is 0 Å². The van der Waals surface area contributed by atoms with Crippen LogP contribution in [0.2, 0.25) is 0 Å². The molecule has 0 unspecified atom stereocenters. The van der Waals surface area contributed by atoms with Gasteiger partial charge in [0.25, 0.3) is 0 Å². The summed E-state index contributed by atoms with van der Waals surface area (Å²) in [4.78, 5) is 4.12. The standard InChI is InChI=1S/C11H14BN3O3S/c1-15-11(13-7-14-15)19-6-8-5-9(12(16)17)3-4-10(8)18-2/h3-5,7,16-17H,6H2,1-2H3. The number of aryl methyl sites for hydroxylation is 1. The van der Waals surface area contributed by atoms with Gasteiger partial charge in [-0.1, -0.05) is 23.9 Å². The van der Waals surface area contributed by atoms with Crippen molar-refractivity contribution >= 4 is 24.3 Å². The van der Waals surface area contributed by atoms with Crippen molar-refractivity contribution in [2.45, 2.75) is 10.9 Å². The molecule has 100 valence electrons. The van der Waals surface area contributed by atoms with E-state index in [2.05, 4.69) is 10.1 Å². The Morgan fingerprint density at radius 2 is 2.21 bits per heavy atom. The summed E-state index contributed by atoms with van der Waals surface area (Å²) >= 11 is 1.50. The lowest BCUT2D eigenvalue weighted by Gasteiger charge is -2.10.